The molecule has 0 saturated heterocycles. The van der Waals surface area contributed by atoms with Gasteiger partial charge in [0, 0.05) is 48.0 Å². The van der Waals surface area contributed by atoms with Crippen molar-refractivity contribution in [2.45, 2.75) is 128 Å². The van der Waals surface area contributed by atoms with Gasteiger partial charge in [0.25, 0.3) is 0 Å². The number of nitrogens with two attached hydrogens (primary N) is 1. The van der Waals surface area contributed by atoms with E-state index in [0.717, 1.165) is 54.8 Å². The fraction of sp³-hybridized carbons (Fsp3) is 0.629. The fourth-order valence-electron chi connectivity index (χ4n) is 6.83. The van der Waals surface area contributed by atoms with Gasteiger partial charge < -0.3 is 25.6 Å². The molecular formula is C35H47ClF6N8O2S2. The number of carbonyl (C=O) groups excluding carboxylic acids is 1. The minimum atomic E-state index is -4.26. The Kier molecular flexibility index (Phi) is 13.6. The molecule has 6 rings (SSSR count). The van der Waals surface area contributed by atoms with E-state index in [1.165, 1.54) is 0 Å². The molecule has 0 radical (unpaired) electrons. The van der Waals surface area contributed by atoms with Crippen molar-refractivity contribution in [2.75, 3.05) is 23.9 Å². The minimum Gasteiger partial charge on any atom is -0.444 e. The van der Waals surface area contributed by atoms with Gasteiger partial charge in [-0.1, -0.05) is 0 Å². The van der Waals surface area contributed by atoms with Crippen LogP contribution < -0.4 is 20.9 Å². The molecule has 10 nitrogen and oxygen atoms in total. The lowest BCUT2D eigenvalue weighted by molar-refractivity contribution is -0.127. The Hall–Kier alpha value is -3.22. The summed E-state index contributed by atoms with van der Waals surface area (Å²) < 4.78 is 81.7. The molecular weight excluding hydrogens is 778 g/mol. The van der Waals surface area contributed by atoms with Gasteiger partial charge in [0.1, 0.15) is 38.5 Å². The maximum absolute atomic E-state index is 12.8. The third-order valence-corrected chi connectivity index (χ3v) is 11.2. The molecule has 1 amide bonds. The SMILES string of the molecule is Cc1nc(N(C)[C@@H]2CC[C@H](N)C2)c2cc(CC(F)(F)F)sc2n1.Cc1nc(N(C)[C@@H]2CC[C@H](NC(=O)OC(C)(C)C)C2)c2cc(CC(F)(F)F)sc2n1.Cl. The first-order valence-corrected chi connectivity index (χ1v) is 19.0. The summed E-state index contributed by atoms with van der Waals surface area (Å²) in [6.45, 7) is 8.94. The molecule has 0 spiro atoms. The van der Waals surface area contributed by atoms with Crippen LogP contribution in [0, 0.1) is 13.8 Å². The topological polar surface area (TPSA) is 122 Å². The average Bonchev–Trinajstić information content (AvgIpc) is 3.80. The Balaban J connectivity index is 0.000000244. The number of anilines is 2. The number of nitrogens with zero attached hydrogens (tertiary/aromatic N) is 6. The molecule has 300 valence electrons. The quantitative estimate of drug-likeness (QED) is 0.176. The van der Waals surface area contributed by atoms with Crippen LogP contribution in [-0.2, 0) is 17.6 Å². The lowest BCUT2D eigenvalue weighted by Gasteiger charge is -2.27. The van der Waals surface area contributed by atoms with Gasteiger partial charge in [-0.25, -0.2) is 24.7 Å². The number of aryl methyl sites for hydroxylation is 2. The molecule has 2 aliphatic carbocycles. The van der Waals surface area contributed by atoms with Crippen molar-refractivity contribution >= 4 is 73.2 Å². The summed E-state index contributed by atoms with van der Waals surface area (Å²) in [5, 5.41) is 4.24. The highest BCUT2D eigenvalue weighted by atomic mass is 35.5. The van der Waals surface area contributed by atoms with Gasteiger partial charge in [-0.15, -0.1) is 35.1 Å². The van der Waals surface area contributed by atoms with E-state index >= 15 is 0 Å². The number of alkyl carbamates (subject to hydrolysis) is 1. The van der Waals surface area contributed by atoms with Crippen molar-refractivity contribution in [3.05, 3.63) is 33.5 Å². The normalized spacial score (nSPS) is 20.4. The summed E-state index contributed by atoms with van der Waals surface area (Å²) in [4.78, 5) is 35.4. The smallest absolute Gasteiger partial charge is 0.407 e. The van der Waals surface area contributed by atoms with Crippen LogP contribution in [0.4, 0.5) is 42.8 Å². The number of amides is 1. The summed E-state index contributed by atoms with van der Waals surface area (Å²) in [6.07, 6.45) is -5.66. The number of fused-ring (bicyclic) bond motifs is 2. The third kappa shape index (κ3) is 11.6. The summed E-state index contributed by atoms with van der Waals surface area (Å²) in [7, 11) is 3.83. The first-order valence-electron chi connectivity index (χ1n) is 17.4. The van der Waals surface area contributed by atoms with Crippen LogP contribution >= 0.6 is 35.1 Å². The molecule has 2 saturated carbocycles. The number of ether oxygens (including phenoxy) is 1. The predicted octanol–water partition coefficient (Wildman–Crippen LogP) is 8.83. The highest BCUT2D eigenvalue weighted by Gasteiger charge is 2.34. The molecule has 0 aromatic carbocycles. The van der Waals surface area contributed by atoms with Crippen molar-refractivity contribution < 1.29 is 35.9 Å². The van der Waals surface area contributed by atoms with Crippen molar-refractivity contribution in [3.8, 4) is 0 Å². The van der Waals surface area contributed by atoms with Gasteiger partial charge in [0.15, 0.2) is 0 Å². The highest BCUT2D eigenvalue weighted by molar-refractivity contribution is 7.19. The number of nitrogens with one attached hydrogen (secondary N) is 1. The number of hydrogen-bond donors (Lipinski definition) is 2. The summed E-state index contributed by atoms with van der Waals surface area (Å²) in [5.41, 5.74) is 5.42. The Morgan fingerprint density at radius 2 is 1.24 bits per heavy atom. The number of halogens is 7. The van der Waals surface area contributed by atoms with Crippen molar-refractivity contribution in [2.24, 2.45) is 5.73 Å². The minimum absolute atomic E-state index is 0. The third-order valence-electron chi connectivity index (χ3n) is 9.16. The van der Waals surface area contributed by atoms with E-state index in [1.54, 1.807) is 26.0 Å². The summed E-state index contributed by atoms with van der Waals surface area (Å²) in [5.74, 6) is 2.43. The highest BCUT2D eigenvalue weighted by Crippen LogP contribution is 2.38. The van der Waals surface area contributed by atoms with Crippen LogP contribution in [0.25, 0.3) is 20.4 Å². The number of aromatic nitrogens is 4. The van der Waals surface area contributed by atoms with Crippen molar-refractivity contribution in [1.29, 1.82) is 0 Å². The Morgan fingerprint density at radius 1 is 0.796 bits per heavy atom. The second-order valence-corrected chi connectivity index (χ2v) is 17.1. The zero-order valence-electron chi connectivity index (χ0n) is 31.2. The van der Waals surface area contributed by atoms with E-state index in [9.17, 15) is 31.1 Å². The monoisotopic (exact) mass is 824 g/mol. The van der Waals surface area contributed by atoms with E-state index in [1.807, 2.05) is 44.7 Å². The average molecular weight is 825 g/mol. The lowest BCUT2D eigenvalue weighted by Crippen LogP contribution is -2.39. The van der Waals surface area contributed by atoms with Crippen molar-refractivity contribution in [3.63, 3.8) is 0 Å². The lowest BCUT2D eigenvalue weighted by atomic mass is 10.2. The molecule has 0 unspecified atom stereocenters. The summed E-state index contributed by atoms with van der Waals surface area (Å²) in [6, 6.07) is 3.66. The van der Waals surface area contributed by atoms with E-state index in [4.69, 9.17) is 10.5 Å². The second-order valence-electron chi connectivity index (χ2n) is 14.9. The van der Waals surface area contributed by atoms with Gasteiger partial charge in [-0.05, 0) is 85.3 Å². The van der Waals surface area contributed by atoms with Crippen molar-refractivity contribution in [1.82, 2.24) is 25.3 Å². The maximum atomic E-state index is 12.8. The number of hydrogen-bond acceptors (Lipinski definition) is 11. The largest absolute Gasteiger partial charge is 0.444 e. The maximum Gasteiger partial charge on any atom is 0.407 e. The van der Waals surface area contributed by atoms with Crippen LogP contribution in [0.3, 0.4) is 0 Å². The van der Waals surface area contributed by atoms with Gasteiger partial charge >= 0.3 is 18.4 Å². The standard InChI is InChI=1S/C20H27F3N4O2S.C15H19F3N4S.ClH/c1-11-24-16(15-9-14(10-20(21,22)23)30-17(15)25-11)27(5)13-7-6-12(8-13)26-18(28)29-19(2,3)4;1-8-20-13(22(2)10-4-3-9(19)5-10)12-6-11(7-15(16,17)18)23-14(12)21-8;/h9,12-13H,6-8,10H2,1-5H3,(H,26,28);6,9-10H,3-5,7,19H2,1-2H3;1H/t12-,13+;9-,10+;/m00./s1. The van der Waals surface area contributed by atoms with E-state index < -0.39 is 36.9 Å². The molecule has 4 aromatic rings. The molecule has 19 heteroatoms. The zero-order valence-corrected chi connectivity index (χ0v) is 33.6. The number of carbonyl (C=O) groups is 1. The first kappa shape index (κ1) is 43.5. The van der Waals surface area contributed by atoms with Crippen LogP contribution in [0.15, 0.2) is 12.1 Å². The number of rotatable bonds is 7. The molecule has 4 atom stereocenters. The van der Waals surface area contributed by atoms with Crippen LogP contribution in [0.1, 0.15) is 80.7 Å². The Bertz CT molecular complexity index is 1910. The zero-order chi connectivity index (χ0) is 39.0. The van der Waals surface area contributed by atoms with Gasteiger partial charge in [-0.2, -0.15) is 26.3 Å². The first-order chi connectivity index (χ1) is 24.5. The van der Waals surface area contributed by atoms with Crippen LogP contribution in [0.5, 0.6) is 0 Å². The fourth-order valence-corrected chi connectivity index (χ4v) is 9.03. The summed E-state index contributed by atoms with van der Waals surface area (Å²) >= 11 is 2.15. The Labute approximate surface area is 324 Å². The van der Waals surface area contributed by atoms with Gasteiger partial charge in [0.2, 0.25) is 0 Å². The molecule has 4 aromatic heterocycles. The molecule has 2 fully saturated rings. The molecule has 0 aliphatic heterocycles. The number of alkyl halides is 6. The van der Waals surface area contributed by atoms with Crippen LogP contribution in [-0.4, -0.2) is 82.2 Å². The van der Waals surface area contributed by atoms with Crippen LogP contribution in [0.2, 0.25) is 0 Å². The number of thiophene rings is 2. The van der Waals surface area contributed by atoms with E-state index in [2.05, 4.69) is 25.3 Å². The second kappa shape index (κ2) is 16.9. The molecule has 3 N–H and O–H groups in total. The molecule has 4 heterocycles. The molecule has 54 heavy (non-hydrogen) atoms. The molecule has 0 bridgehead atoms. The van der Waals surface area contributed by atoms with Gasteiger partial charge in [0.05, 0.1) is 23.6 Å². The predicted molar refractivity (Wildman–Crippen MR) is 204 cm³/mol. The Morgan fingerprint density at radius 3 is 1.65 bits per heavy atom. The van der Waals surface area contributed by atoms with Gasteiger partial charge in [-0.3, -0.25) is 0 Å². The van der Waals surface area contributed by atoms with E-state index in [0.29, 0.717) is 50.1 Å². The molecule has 2 aliphatic rings. The van der Waals surface area contributed by atoms with E-state index in [-0.39, 0.29) is 46.3 Å².